The van der Waals surface area contributed by atoms with E-state index >= 15 is 0 Å². The van der Waals surface area contributed by atoms with E-state index in [9.17, 15) is 4.79 Å². The first kappa shape index (κ1) is 16.9. The maximum Gasteiger partial charge on any atom is 0.227 e. The van der Waals surface area contributed by atoms with Gasteiger partial charge in [-0.3, -0.25) is 4.79 Å². The van der Waals surface area contributed by atoms with Crippen molar-refractivity contribution in [2.24, 2.45) is 0 Å². The highest BCUT2D eigenvalue weighted by atomic mass is 35.5. The molecule has 2 unspecified atom stereocenters. The molecular formula is C15H19Cl3N2O. The minimum Gasteiger partial charge on any atom is -0.341 e. The van der Waals surface area contributed by atoms with Crippen LogP contribution in [0.2, 0.25) is 10.0 Å². The lowest BCUT2D eigenvalue weighted by Crippen LogP contribution is -2.39. The summed E-state index contributed by atoms with van der Waals surface area (Å²) in [4.78, 5) is 14.4. The predicted octanol–water partition coefficient (Wildman–Crippen LogP) is 3.31. The van der Waals surface area contributed by atoms with E-state index in [0.29, 0.717) is 22.1 Å². The highest BCUT2D eigenvalue weighted by molar-refractivity contribution is 6.36. The van der Waals surface area contributed by atoms with Crippen molar-refractivity contribution in [3.63, 3.8) is 0 Å². The maximum atomic E-state index is 12.5. The molecule has 3 rings (SSSR count). The van der Waals surface area contributed by atoms with Crippen LogP contribution in [0.15, 0.2) is 18.2 Å². The van der Waals surface area contributed by atoms with Gasteiger partial charge in [-0.2, -0.15) is 0 Å². The first-order valence-corrected chi connectivity index (χ1v) is 7.86. The Kier molecular flexibility index (Phi) is 5.78. The van der Waals surface area contributed by atoms with Gasteiger partial charge in [0, 0.05) is 35.2 Å². The van der Waals surface area contributed by atoms with Crippen molar-refractivity contribution in [3.05, 3.63) is 33.8 Å². The summed E-state index contributed by atoms with van der Waals surface area (Å²) in [5, 5.41) is 4.72. The molecule has 0 aliphatic carbocycles. The smallest absolute Gasteiger partial charge is 0.227 e. The number of nitrogens with zero attached hydrogens (tertiary/aromatic N) is 1. The van der Waals surface area contributed by atoms with Gasteiger partial charge in [-0.25, -0.2) is 0 Å². The number of amides is 1. The number of halogens is 3. The number of carbonyl (C=O) groups is 1. The Morgan fingerprint density at radius 3 is 2.57 bits per heavy atom. The molecule has 0 radical (unpaired) electrons. The second-order valence-electron chi connectivity index (χ2n) is 5.64. The normalized spacial score (nSPS) is 24.4. The van der Waals surface area contributed by atoms with Crippen molar-refractivity contribution >= 4 is 41.5 Å². The molecule has 116 valence electrons. The molecule has 1 aromatic rings. The Balaban J connectivity index is 0.00000161. The molecule has 1 aromatic carbocycles. The Bertz CT molecular complexity index is 503. The van der Waals surface area contributed by atoms with E-state index in [1.54, 1.807) is 18.2 Å². The summed E-state index contributed by atoms with van der Waals surface area (Å²) >= 11 is 12.3. The summed E-state index contributed by atoms with van der Waals surface area (Å²) in [5.74, 6) is 0.120. The Labute approximate surface area is 141 Å². The lowest BCUT2D eigenvalue weighted by molar-refractivity contribution is -0.130. The van der Waals surface area contributed by atoms with E-state index in [-0.39, 0.29) is 24.7 Å². The topological polar surface area (TPSA) is 32.3 Å². The van der Waals surface area contributed by atoms with Crippen LogP contribution in [0.1, 0.15) is 24.8 Å². The lowest BCUT2D eigenvalue weighted by atomic mass is 10.1. The largest absolute Gasteiger partial charge is 0.341 e. The molecule has 2 heterocycles. The van der Waals surface area contributed by atoms with E-state index in [2.05, 4.69) is 5.32 Å². The van der Waals surface area contributed by atoms with E-state index in [1.807, 2.05) is 4.90 Å². The van der Waals surface area contributed by atoms with Crippen molar-refractivity contribution < 1.29 is 4.79 Å². The molecular weight excluding hydrogens is 331 g/mol. The van der Waals surface area contributed by atoms with Crippen LogP contribution in [0.3, 0.4) is 0 Å². The molecule has 0 saturated carbocycles. The molecule has 0 aromatic heterocycles. The van der Waals surface area contributed by atoms with Gasteiger partial charge < -0.3 is 10.2 Å². The molecule has 1 amide bonds. The quantitative estimate of drug-likeness (QED) is 0.888. The van der Waals surface area contributed by atoms with Crippen LogP contribution in [0.25, 0.3) is 0 Å². The number of carbonyl (C=O) groups excluding carboxylic acids is 1. The van der Waals surface area contributed by atoms with Gasteiger partial charge in [0.2, 0.25) is 5.91 Å². The van der Waals surface area contributed by atoms with Crippen molar-refractivity contribution in [2.75, 3.05) is 13.1 Å². The summed E-state index contributed by atoms with van der Waals surface area (Å²) < 4.78 is 0. The molecule has 0 spiro atoms. The summed E-state index contributed by atoms with van der Waals surface area (Å²) in [7, 11) is 0. The number of hydrogen-bond donors (Lipinski definition) is 1. The predicted molar refractivity (Wildman–Crippen MR) is 88.6 cm³/mol. The molecule has 2 saturated heterocycles. The lowest BCUT2D eigenvalue weighted by Gasteiger charge is -2.24. The Hall–Kier alpha value is -0.480. The van der Waals surface area contributed by atoms with Crippen LogP contribution in [0, 0.1) is 0 Å². The Morgan fingerprint density at radius 1 is 1.19 bits per heavy atom. The number of fused-ring (bicyclic) bond motifs is 2. The van der Waals surface area contributed by atoms with E-state index in [4.69, 9.17) is 23.2 Å². The molecule has 6 heteroatoms. The van der Waals surface area contributed by atoms with Crippen LogP contribution in [0.5, 0.6) is 0 Å². The third-order valence-electron chi connectivity index (χ3n) is 4.27. The molecule has 3 nitrogen and oxygen atoms in total. The minimum atomic E-state index is 0. The van der Waals surface area contributed by atoms with Gasteiger partial charge in [0.1, 0.15) is 0 Å². The van der Waals surface area contributed by atoms with Crippen molar-refractivity contribution in [1.82, 2.24) is 10.2 Å². The summed E-state index contributed by atoms with van der Waals surface area (Å²) in [6.45, 7) is 1.63. The summed E-state index contributed by atoms with van der Waals surface area (Å²) in [5.41, 5.74) is 0.739. The molecule has 21 heavy (non-hydrogen) atoms. The van der Waals surface area contributed by atoms with Crippen molar-refractivity contribution in [2.45, 2.75) is 37.8 Å². The monoisotopic (exact) mass is 348 g/mol. The fourth-order valence-corrected chi connectivity index (χ4v) is 3.66. The number of hydrogen-bond acceptors (Lipinski definition) is 2. The number of benzene rings is 1. The highest BCUT2D eigenvalue weighted by Gasteiger charge is 2.31. The minimum absolute atomic E-state index is 0. The van der Waals surface area contributed by atoms with Crippen LogP contribution >= 0.6 is 35.6 Å². The van der Waals surface area contributed by atoms with E-state index in [0.717, 1.165) is 25.1 Å². The number of likely N-dealkylation sites (tertiary alicyclic amines) is 1. The van der Waals surface area contributed by atoms with Gasteiger partial charge in [0.15, 0.2) is 0 Å². The fraction of sp³-hybridized carbons (Fsp3) is 0.533. The standard InChI is InChI=1S/C15H18Cl2N2O.ClH/c16-13-2-1-3-14(17)12(13)8-15(20)19-7-6-10-4-5-11(9-19)18-10;/h1-3,10-11,18H,4-9H2;1H. The third kappa shape index (κ3) is 3.84. The summed E-state index contributed by atoms with van der Waals surface area (Å²) in [6.07, 6.45) is 3.73. The fourth-order valence-electron chi connectivity index (χ4n) is 3.13. The van der Waals surface area contributed by atoms with Crippen LogP contribution in [0.4, 0.5) is 0 Å². The zero-order chi connectivity index (χ0) is 14.1. The van der Waals surface area contributed by atoms with Crippen molar-refractivity contribution in [3.8, 4) is 0 Å². The average molecular weight is 350 g/mol. The van der Waals surface area contributed by atoms with Gasteiger partial charge in [-0.15, -0.1) is 12.4 Å². The molecule has 2 aliphatic rings. The zero-order valence-corrected chi connectivity index (χ0v) is 14.0. The number of nitrogens with one attached hydrogen (secondary N) is 1. The zero-order valence-electron chi connectivity index (χ0n) is 11.6. The SMILES string of the molecule is Cl.O=C(Cc1c(Cl)cccc1Cl)N1CCC2CCC(C1)N2. The average Bonchev–Trinajstić information content (AvgIpc) is 2.73. The van der Waals surface area contributed by atoms with Gasteiger partial charge in [0.25, 0.3) is 0 Å². The van der Waals surface area contributed by atoms with Gasteiger partial charge >= 0.3 is 0 Å². The first-order chi connectivity index (χ1) is 9.63. The summed E-state index contributed by atoms with van der Waals surface area (Å²) in [6, 6.07) is 6.40. The first-order valence-electron chi connectivity index (χ1n) is 7.10. The van der Waals surface area contributed by atoms with Crippen molar-refractivity contribution in [1.29, 1.82) is 0 Å². The van der Waals surface area contributed by atoms with Gasteiger partial charge in [0.05, 0.1) is 6.42 Å². The molecule has 2 atom stereocenters. The maximum absolute atomic E-state index is 12.5. The second kappa shape index (κ2) is 7.19. The van der Waals surface area contributed by atoms with Gasteiger partial charge in [-0.05, 0) is 37.0 Å². The number of rotatable bonds is 2. The molecule has 1 N–H and O–H groups in total. The van der Waals surface area contributed by atoms with E-state index < -0.39 is 0 Å². The van der Waals surface area contributed by atoms with Crippen LogP contribution < -0.4 is 5.32 Å². The Morgan fingerprint density at radius 2 is 1.86 bits per heavy atom. The molecule has 2 fully saturated rings. The molecule has 2 aliphatic heterocycles. The third-order valence-corrected chi connectivity index (χ3v) is 4.97. The van der Waals surface area contributed by atoms with Crippen LogP contribution in [-0.2, 0) is 11.2 Å². The van der Waals surface area contributed by atoms with Crippen LogP contribution in [-0.4, -0.2) is 36.0 Å². The highest BCUT2D eigenvalue weighted by Crippen LogP contribution is 2.26. The second-order valence-corrected chi connectivity index (χ2v) is 6.46. The van der Waals surface area contributed by atoms with E-state index in [1.165, 1.54) is 12.8 Å². The van der Waals surface area contributed by atoms with Gasteiger partial charge in [-0.1, -0.05) is 29.3 Å². The molecule has 2 bridgehead atoms.